The zero-order valence-corrected chi connectivity index (χ0v) is 21.8. The second-order valence-electron chi connectivity index (χ2n) is 9.71. The second kappa shape index (κ2) is 9.17. The lowest BCUT2D eigenvalue weighted by atomic mass is 9.94. The van der Waals surface area contributed by atoms with E-state index in [0.717, 1.165) is 36.3 Å². The van der Waals surface area contributed by atoms with Crippen molar-refractivity contribution in [1.82, 2.24) is 19.9 Å². The van der Waals surface area contributed by atoms with Crippen molar-refractivity contribution in [2.24, 2.45) is 7.05 Å². The highest BCUT2D eigenvalue weighted by molar-refractivity contribution is 7.19. The van der Waals surface area contributed by atoms with Crippen LogP contribution in [0.4, 0.5) is 5.69 Å². The Morgan fingerprint density at radius 3 is 2.51 bits per heavy atom. The fourth-order valence-electron chi connectivity index (χ4n) is 5.33. The summed E-state index contributed by atoms with van der Waals surface area (Å²) in [5.41, 5.74) is 6.18. The van der Waals surface area contributed by atoms with Crippen LogP contribution in [0.5, 0.6) is 0 Å². The van der Waals surface area contributed by atoms with Crippen LogP contribution in [-0.2, 0) is 13.5 Å². The molecule has 0 aliphatic carbocycles. The molecule has 1 aliphatic heterocycles. The second-order valence-corrected chi connectivity index (χ2v) is 10.8. The Balaban J connectivity index is 1.59. The fourth-order valence-corrected chi connectivity index (χ4v) is 6.47. The van der Waals surface area contributed by atoms with Gasteiger partial charge in [0.2, 0.25) is 0 Å². The molecule has 4 aromatic rings. The lowest BCUT2D eigenvalue weighted by Gasteiger charge is -2.41. The number of benzene rings is 1. The Morgan fingerprint density at radius 2 is 1.83 bits per heavy atom. The van der Waals surface area contributed by atoms with Crippen LogP contribution in [0.3, 0.4) is 0 Å². The number of hydrogen-bond acceptors (Lipinski definition) is 5. The first-order chi connectivity index (χ1) is 16.8. The van der Waals surface area contributed by atoms with E-state index in [9.17, 15) is 9.59 Å². The zero-order valence-electron chi connectivity index (χ0n) is 21.0. The number of nitrogens with zero attached hydrogens (tertiary/aromatic N) is 2. The van der Waals surface area contributed by atoms with Gasteiger partial charge in [-0.2, -0.15) is 0 Å². The fraction of sp³-hybridized carbons (Fsp3) is 0.407. The number of thiophene rings is 1. The summed E-state index contributed by atoms with van der Waals surface area (Å²) in [4.78, 5) is 36.3. The minimum absolute atomic E-state index is 0.0260. The minimum atomic E-state index is -0.370. The smallest absolute Gasteiger partial charge is 0.328 e. The van der Waals surface area contributed by atoms with Crippen LogP contribution in [0.1, 0.15) is 41.5 Å². The number of rotatable bonds is 5. The molecule has 0 amide bonds. The number of piperazine rings is 1. The first kappa shape index (κ1) is 23.6. The van der Waals surface area contributed by atoms with Crippen molar-refractivity contribution < 1.29 is 0 Å². The average Bonchev–Trinajstić information content (AvgIpc) is 3.39. The van der Waals surface area contributed by atoms with E-state index in [1.165, 1.54) is 44.5 Å². The topological polar surface area (TPSA) is 85.9 Å². The van der Waals surface area contributed by atoms with Crippen molar-refractivity contribution in [3.63, 3.8) is 0 Å². The molecule has 35 heavy (non-hydrogen) atoms. The summed E-state index contributed by atoms with van der Waals surface area (Å²) in [5, 5.41) is 4.77. The number of hydrogen-bond donors (Lipinski definition) is 3. The molecule has 2 atom stereocenters. The molecule has 1 aromatic carbocycles. The zero-order chi connectivity index (χ0) is 24.9. The van der Waals surface area contributed by atoms with Crippen LogP contribution in [-0.4, -0.2) is 40.2 Å². The van der Waals surface area contributed by atoms with Crippen LogP contribution in [0.2, 0.25) is 0 Å². The van der Waals surface area contributed by atoms with Crippen molar-refractivity contribution in [2.75, 3.05) is 24.5 Å². The van der Waals surface area contributed by atoms with Crippen LogP contribution >= 0.6 is 11.3 Å². The molecule has 3 N–H and O–H groups in total. The third-order valence-electron chi connectivity index (χ3n) is 7.18. The summed E-state index contributed by atoms with van der Waals surface area (Å²) in [6.45, 7) is 11.1. The molecule has 184 valence electrons. The number of fused-ring (bicyclic) bond motifs is 1. The first-order valence-electron chi connectivity index (χ1n) is 12.3. The molecule has 4 heterocycles. The molecule has 0 radical (unpaired) electrons. The van der Waals surface area contributed by atoms with E-state index in [4.69, 9.17) is 0 Å². The van der Waals surface area contributed by atoms with Gasteiger partial charge >= 0.3 is 5.69 Å². The maximum absolute atomic E-state index is 12.3. The SMILES string of the molecule is CCc1sc2[nH]c(-c3cc(C)cc(C)c3)cc2c1N1CCNCC1C(C)c1cc(=O)n(C)c(=O)[nH]1. The van der Waals surface area contributed by atoms with Crippen LogP contribution in [0, 0.1) is 13.8 Å². The summed E-state index contributed by atoms with van der Waals surface area (Å²) in [7, 11) is 1.50. The highest BCUT2D eigenvalue weighted by Gasteiger charge is 2.32. The van der Waals surface area contributed by atoms with Gasteiger partial charge < -0.3 is 20.2 Å². The van der Waals surface area contributed by atoms with Gasteiger partial charge in [-0.3, -0.25) is 9.36 Å². The highest BCUT2D eigenvalue weighted by Crippen LogP contribution is 2.43. The highest BCUT2D eigenvalue weighted by atomic mass is 32.1. The Morgan fingerprint density at radius 1 is 1.09 bits per heavy atom. The van der Waals surface area contributed by atoms with Crippen molar-refractivity contribution in [3.8, 4) is 11.3 Å². The summed E-state index contributed by atoms with van der Waals surface area (Å²) >= 11 is 1.83. The first-order valence-corrected chi connectivity index (χ1v) is 13.1. The van der Waals surface area contributed by atoms with Gasteiger partial charge in [-0.1, -0.05) is 31.0 Å². The van der Waals surface area contributed by atoms with E-state index in [1.807, 2.05) is 11.3 Å². The van der Waals surface area contributed by atoms with Gasteiger partial charge in [-0.15, -0.1) is 11.3 Å². The van der Waals surface area contributed by atoms with Crippen LogP contribution in [0.15, 0.2) is 39.9 Å². The lowest BCUT2D eigenvalue weighted by Crippen LogP contribution is -2.54. The molecule has 1 aliphatic rings. The van der Waals surface area contributed by atoms with E-state index in [2.05, 4.69) is 72.1 Å². The Bertz CT molecular complexity index is 1460. The average molecular weight is 492 g/mol. The van der Waals surface area contributed by atoms with E-state index in [0.29, 0.717) is 5.69 Å². The largest absolute Gasteiger partial charge is 0.364 e. The van der Waals surface area contributed by atoms with Gasteiger partial charge in [-0.25, -0.2) is 4.79 Å². The molecule has 1 saturated heterocycles. The third-order valence-corrected chi connectivity index (χ3v) is 8.44. The van der Waals surface area contributed by atoms with Crippen LogP contribution in [0.25, 0.3) is 21.5 Å². The van der Waals surface area contributed by atoms with Crippen molar-refractivity contribution in [2.45, 2.75) is 46.1 Å². The molecule has 0 saturated carbocycles. The molecule has 0 spiro atoms. The minimum Gasteiger partial charge on any atom is -0.364 e. The molecule has 7 nitrogen and oxygen atoms in total. The van der Waals surface area contributed by atoms with Gasteiger partial charge in [0, 0.05) is 66.4 Å². The number of nitrogens with one attached hydrogen (secondary N) is 3. The van der Waals surface area contributed by atoms with Gasteiger partial charge in [0.15, 0.2) is 0 Å². The molecule has 3 aromatic heterocycles. The standard InChI is InChI=1S/C27H33N5O2S/c1-6-23-25(19-12-21(29-26(19)35-23)18-10-15(2)9-16(3)11-18)32-8-7-28-14-22(32)17(4)20-13-24(33)31(5)27(34)30-20/h9-13,17,22,28-29H,6-8,14H2,1-5H3,(H,30,34). The van der Waals surface area contributed by atoms with Gasteiger partial charge in [-0.05, 0) is 44.0 Å². The Hall–Kier alpha value is -3.10. The summed E-state index contributed by atoms with van der Waals surface area (Å²) in [6, 6.07) is 10.6. The molecule has 5 rings (SSSR count). The summed E-state index contributed by atoms with van der Waals surface area (Å²) in [5.74, 6) is -0.0260. The number of anilines is 1. The van der Waals surface area contributed by atoms with Crippen LogP contribution < -0.4 is 21.5 Å². The Kier molecular flexibility index (Phi) is 6.19. The van der Waals surface area contributed by atoms with Crippen molar-refractivity contribution in [1.29, 1.82) is 0 Å². The predicted octanol–water partition coefficient (Wildman–Crippen LogP) is 4.04. The molecular weight excluding hydrogens is 458 g/mol. The predicted molar refractivity (Wildman–Crippen MR) is 145 cm³/mol. The molecule has 0 bridgehead atoms. The third kappa shape index (κ3) is 4.25. The monoisotopic (exact) mass is 491 g/mol. The number of H-pyrrole nitrogens is 2. The van der Waals surface area contributed by atoms with Gasteiger partial charge in [0.1, 0.15) is 4.83 Å². The number of aromatic amines is 2. The Labute approximate surface area is 208 Å². The quantitative estimate of drug-likeness (QED) is 0.393. The van der Waals surface area contributed by atoms with Gasteiger partial charge in [0.25, 0.3) is 5.56 Å². The molecular formula is C27H33N5O2S. The van der Waals surface area contributed by atoms with E-state index < -0.39 is 0 Å². The lowest BCUT2D eigenvalue weighted by molar-refractivity contribution is 0.425. The van der Waals surface area contributed by atoms with Crippen molar-refractivity contribution >= 4 is 27.2 Å². The maximum Gasteiger partial charge on any atom is 0.328 e. The number of aryl methyl sites for hydroxylation is 3. The summed E-state index contributed by atoms with van der Waals surface area (Å²) in [6.07, 6.45) is 0.954. The van der Waals surface area contributed by atoms with E-state index >= 15 is 0 Å². The van der Waals surface area contributed by atoms with Gasteiger partial charge in [0.05, 0.1) is 5.69 Å². The maximum atomic E-state index is 12.3. The summed E-state index contributed by atoms with van der Waals surface area (Å²) < 4.78 is 1.11. The number of aromatic nitrogens is 3. The van der Waals surface area contributed by atoms with E-state index in [-0.39, 0.29) is 23.2 Å². The molecule has 1 fully saturated rings. The van der Waals surface area contributed by atoms with Crippen molar-refractivity contribution in [3.05, 3.63) is 72.9 Å². The normalized spacial score (nSPS) is 17.3. The van der Waals surface area contributed by atoms with E-state index in [1.54, 1.807) is 6.07 Å². The molecule has 8 heteroatoms. The molecule has 2 unspecified atom stereocenters.